The van der Waals surface area contributed by atoms with Crippen molar-refractivity contribution in [3.8, 4) is 0 Å². The number of carboxylic acids is 1. The lowest BCUT2D eigenvalue weighted by molar-refractivity contribution is -0.138. The smallest absolute Gasteiger partial charge is 0.317 e. The molecule has 0 bridgehead atoms. The van der Waals surface area contributed by atoms with Crippen molar-refractivity contribution in [3.63, 3.8) is 0 Å². The number of aliphatic hydroxyl groups excluding tert-OH is 1. The number of aliphatic hydroxyl groups is 1. The van der Waals surface area contributed by atoms with Crippen LogP contribution >= 0.6 is 0 Å². The molecule has 0 aliphatic heterocycles. The highest BCUT2D eigenvalue weighted by molar-refractivity contribution is 5.69. The lowest BCUT2D eigenvalue weighted by Gasteiger charge is -2.23. The van der Waals surface area contributed by atoms with Crippen LogP contribution in [0.3, 0.4) is 0 Å². The average Bonchev–Trinajstić information content (AvgIpc) is 2.69. The van der Waals surface area contributed by atoms with E-state index in [0.717, 1.165) is 6.42 Å². The van der Waals surface area contributed by atoms with Crippen LogP contribution in [-0.2, 0) is 4.79 Å². The minimum atomic E-state index is -0.861. The zero-order valence-corrected chi connectivity index (χ0v) is 10.3. The number of rotatable bonds is 8. The van der Waals surface area contributed by atoms with Crippen LogP contribution in [0.25, 0.3) is 0 Å². The Morgan fingerprint density at radius 1 is 1.47 bits per heavy atom. The van der Waals surface area contributed by atoms with Crippen LogP contribution in [0, 0.1) is 5.92 Å². The average molecular weight is 241 g/mol. The highest BCUT2D eigenvalue weighted by Gasteiger charge is 2.20. The van der Waals surface area contributed by atoms with Gasteiger partial charge in [-0.1, -0.05) is 31.8 Å². The van der Waals surface area contributed by atoms with Gasteiger partial charge in [0, 0.05) is 13.1 Å². The van der Waals surface area contributed by atoms with Crippen LogP contribution in [0.4, 0.5) is 0 Å². The first-order valence-electron chi connectivity index (χ1n) is 6.35. The highest BCUT2D eigenvalue weighted by Crippen LogP contribution is 2.28. The Hall–Kier alpha value is -0.870. The van der Waals surface area contributed by atoms with Gasteiger partial charge >= 0.3 is 5.97 Å². The van der Waals surface area contributed by atoms with Crippen LogP contribution < -0.4 is 0 Å². The van der Waals surface area contributed by atoms with E-state index in [-0.39, 0.29) is 6.54 Å². The maximum absolute atomic E-state index is 10.7. The van der Waals surface area contributed by atoms with Gasteiger partial charge in [0.1, 0.15) is 0 Å². The number of hydrogen-bond donors (Lipinski definition) is 2. The molecular weight excluding hydrogens is 218 g/mol. The molecule has 1 rings (SSSR count). The van der Waals surface area contributed by atoms with E-state index in [2.05, 4.69) is 6.58 Å². The van der Waals surface area contributed by atoms with Crippen molar-refractivity contribution in [3.05, 3.63) is 12.7 Å². The summed E-state index contributed by atoms with van der Waals surface area (Å²) in [5.74, 6) is -0.236. The van der Waals surface area contributed by atoms with Gasteiger partial charge in [-0.15, -0.1) is 6.58 Å². The molecule has 1 saturated carbocycles. The molecule has 0 aromatic carbocycles. The molecule has 0 amide bonds. The summed E-state index contributed by atoms with van der Waals surface area (Å²) in [5.41, 5.74) is 0. The molecule has 1 aliphatic rings. The van der Waals surface area contributed by atoms with Crippen molar-refractivity contribution in [2.24, 2.45) is 5.92 Å². The van der Waals surface area contributed by atoms with Crippen LogP contribution in [-0.4, -0.2) is 46.8 Å². The summed E-state index contributed by atoms with van der Waals surface area (Å²) in [4.78, 5) is 12.4. The van der Waals surface area contributed by atoms with Gasteiger partial charge in [-0.2, -0.15) is 0 Å². The molecule has 1 fully saturated rings. The fourth-order valence-electron chi connectivity index (χ4n) is 2.58. The van der Waals surface area contributed by atoms with E-state index in [1.54, 1.807) is 11.0 Å². The summed E-state index contributed by atoms with van der Waals surface area (Å²) in [6.07, 6.45) is 7.00. The fraction of sp³-hybridized carbons (Fsp3) is 0.769. The van der Waals surface area contributed by atoms with Crippen LogP contribution in [0.2, 0.25) is 0 Å². The third-order valence-electron chi connectivity index (χ3n) is 3.30. The summed E-state index contributed by atoms with van der Waals surface area (Å²) in [6.45, 7) is 4.50. The van der Waals surface area contributed by atoms with E-state index in [4.69, 9.17) is 5.11 Å². The predicted molar refractivity (Wildman–Crippen MR) is 66.9 cm³/mol. The summed E-state index contributed by atoms with van der Waals surface area (Å²) in [6, 6.07) is 0. The van der Waals surface area contributed by atoms with Gasteiger partial charge < -0.3 is 10.2 Å². The first kappa shape index (κ1) is 14.2. The Morgan fingerprint density at radius 3 is 2.65 bits per heavy atom. The molecule has 0 spiro atoms. The lowest BCUT2D eigenvalue weighted by atomic mass is 10.00. The first-order valence-corrected chi connectivity index (χ1v) is 6.35. The Kier molecular flexibility index (Phi) is 6.22. The second-order valence-electron chi connectivity index (χ2n) is 4.92. The normalized spacial score (nSPS) is 18.5. The van der Waals surface area contributed by atoms with Gasteiger partial charge in [0.2, 0.25) is 0 Å². The lowest BCUT2D eigenvalue weighted by Crippen LogP contribution is -2.37. The number of carboxylic acid groups (broad SMARTS) is 1. The Balaban J connectivity index is 2.30. The summed E-state index contributed by atoms with van der Waals surface area (Å²) < 4.78 is 0. The molecule has 4 nitrogen and oxygen atoms in total. The summed E-state index contributed by atoms with van der Waals surface area (Å²) >= 11 is 0. The van der Waals surface area contributed by atoms with Gasteiger partial charge in [-0.25, -0.2) is 0 Å². The van der Waals surface area contributed by atoms with E-state index >= 15 is 0 Å². The molecule has 98 valence electrons. The largest absolute Gasteiger partial charge is 0.480 e. The minimum Gasteiger partial charge on any atom is -0.480 e. The van der Waals surface area contributed by atoms with E-state index in [9.17, 15) is 9.90 Å². The van der Waals surface area contributed by atoms with E-state index in [1.807, 2.05) is 0 Å². The molecule has 0 aromatic rings. The molecule has 4 heteroatoms. The van der Waals surface area contributed by atoms with Crippen molar-refractivity contribution >= 4 is 5.97 Å². The number of aliphatic carboxylic acids is 1. The zero-order valence-electron chi connectivity index (χ0n) is 10.3. The SMILES string of the molecule is C=CCN(CC(=O)O)CC(O)CC1CCCC1. The van der Waals surface area contributed by atoms with Crippen molar-refractivity contribution in [2.45, 2.75) is 38.2 Å². The monoisotopic (exact) mass is 241 g/mol. The van der Waals surface area contributed by atoms with Crippen molar-refractivity contribution < 1.29 is 15.0 Å². The maximum Gasteiger partial charge on any atom is 0.317 e. The Morgan fingerprint density at radius 2 is 2.12 bits per heavy atom. The minimum absolute atomic E-state index is 0.0340. The molecule has 17 heavy (non-hydrogen) atoms. The van der Waals surface area contributed by atoms with Gasteiger partial charge in [0.05, 0.1) is 12.6 Å². The number of hydrogen-bond acceptors (Lipinski definition) is 3. The van der Waals surface area contributed by atoms with Crippen molar-refractivity contribution in [1.82, 2.24) is 4.90 Å². The molecule has 0 heterocycles. The Labute approximate surface area is 103 Å². The maximum atomic E-state index is 10.7. The quantitative estimate of drug-likeness (QED) is 0.632. The molecule has 0 radical (unpaired) electrons. The number of nitrogens with zero attached hydrogens (tertiary/aromatic N) is 1. The van der Waals surface area contributed by atoms with Gasteiger partial charge in [0.15, 0.2) is 0 Å². The topological polar surface area (TPSA) is 60.8 Å². The van der Waals surface area contributed by atoms with Gasteiger partial charge in [-0.05, 0) is 12.3 Å². The second kappa shape index (κ2) is 7.45. The van der Waals surface area contributed by atoms with Crippen molar-refractivity contribution in [1.29, 1.82) is 0 Å². The van der Waals surface area contributed by atoms with E-state index < -0.39 is 12.1 Å². The third kappa shape index (κ3) is 5.84. The fourth-order valence-corrected chi connectivity index (χ4v) is 2.58. The third-order valence-corrected chi connectivity index (χ3v) is 3.30. The van der Waals surface area contributed by atoms with Gasteiger partial charge in [0.25, 0.3) is 0 Å². The van der Waals surface area contributed by atoms with Crippen molar-refractivity contribution in [2.75, 3.05) is 19.6 Å². The molecule has 0 aromatic heterocycles. The van der Waals surface area contributed by atoms with E-state index in [0.29, 0.717) is 19.0 Å². The number of carbonyl (C=O) groups is 1. The molecule has 2 N–H and O–H groups in total. The molecule has 1 unspecified atom stereocenters. The van der Waals surface area contributed by atoms with Crippen LogP contribution in [0.5, 0.6) is 0 Å². The van der Waals surface area contributed by atoms with Crippen LogP contribution in [0.1, 0.15) is 32.1 Å². The van der Waals surface area contributed by atoms with Gasteiger partial charge in [-0.3, -0.25) is 9.69 Å². The standard InChI is InChI=1S/C13H23NO3/c1-2-7-14(10-13(16)17)9-12(15)8-11-5-3-4-6-11/h2,11-12,15H,1,3-10H2,(H,16,17). The molecule has 0 saturated heterocycles. The molecular formula is C13H23NO3. The highest BCUT2D eigenvalue weighted by atomic mass is 16.4. The Bertz CT molecular complexity index is 249. The second-order valence-corrected chi connectivity index (χ2v) is 4.92. The summed E-state index contributed by atoms with van der Waals surface area (Å²) in [7, 11) is 0. The van der Waals surface area contributed by atoms with Crippen LogP contribution in [0.15, 0.2) is 12.7 Å². The summed E-state index contributed by atoms with van der Waals surface area (Å²) in [5, 5.41) is 18.7. The van der Waals surface area contributed by atoms with E-state index in [1.165, 1.54) is 25.7 Å². The first-order chi connectivity index (χ1) is 8.11. The zero-order chi connectivity index (χ0) is 12.7. The molecule has 1 atom stereocenters. The molecule has 1 aliphatic carbocycles. The predicted octanol–water partition coefficient (Wildman–Crippen LogP) is 1.50.